The van der Waals surface area contributed by atoms with Gasteiger partial charge in [0.05, 0.1) is 44.1 Å². The fourth-order valence-corrected chi connectivity index (χ4v) is 4.25. The molecule has 0 spiro atoms. The van der Waals surface area contributed by atoms with Crippen LogP contribution in [0.25, 0.3) is 5.82 Å². The summed E-state index contributed by atoms with van der Waals surface area (Å²) in [7, 11) is 0. The first-order valence-corrected chi connectivity index (χ1v) is 11.9. The van der Waals surface area contributed by atoms with E-state index in [9.17, 15) is 4.79 Å². The van der Waals surface area contributed by atoms with Crippen molar-refractivity contribution in [1.29, 1.82) is 0 Å². The lowest BCUT2D eigenvalue weighted by atomic mass is 10.1. The van der Waals surface area contributed by atoms with E-state index in [4.69, 9.17) is 19.3 Å². The third-order valence-corrected chi connectivity index (χ3v) is 5.66. The summed E-state index contributed by atoms with van der Waals surface area (Å²) >= 11 is 0. The van der Waals surface area contributed by atoms with Crippen molar-refractivity contribution in [1.82, 2.24) is 19.2 Å². The van der Waals surface area contributed by atoms with Gasteiger partial charge in [-0.2, -0.15) is 5.10 Å². The van der Waals surface area contributed by atoms with Crippen LogP contribution in [0.4, 0.5) is 0 Å². The van der Waals surface area contributed by atoms with Crippen LogP contribution in [0.2, 0.25) is 0 Å². The van der Waals surface area contributed by atoms with Crippen LogP contribution < -0.4 is 14.2 Å². The summed E-state index contributed by atoms with van der Waals surface area (Å²) < 4.78 is 21.5. The van der Waals surface area contributed by atoms with Crippen molar-refractivity contribution < 1.29 is 19.0 Å². The van der Waals surface area contributed by atoms with Crippen LogP contribution in [0.5, 0.6) is 17.2 Å². The molecule has 0 saturated carbocycles. The summed E-state index contributed by atoms with van der Waals surface area (Å²) in [6.07, 6.45) is 4.03. The second-order valence-electron chi connectivity index (χ2n) is 9.18. The Morgan fingerprint density at radius 2 is 1.53 bits per heavy atom. The average molecular weight is 467 g/mol. The maximum absolute atomic E-state index is 13.6. The zero-order valence-corrected chi connectivity index (χ0v) is 20.9. The maximum atomic E-state index is 13.6. The fourth-order valence-electron chi connectivity index (χ4n) is 4.25. The second-order valence-corrected chi connectivity index (χ2v) is 9.18. The Balaban J connectivity index is 1.69. The Hall–Kier alpha value is -3.42. The Labute approximate surface area is 201 Å². The number of hydrogen-bond acceptors (Lipinski definition) is 5. The molecule has 3 heterocycles. The molecule has 0 saturated heterocycles. The van der Waals surface area contributed by atoms with Gasteiger partial charge in [0, 0.05) is 23.5 Å². The summed E-state index contributed by atoms with van der Waals surface area (Å²) in [4.78, 5) is 15.4. The molecule has 0 atom stereocenters. The lowest BCUT2D eigenvalue weighted by molar-refractivity contribution is 0.0747. The molecule has 1 aromatic carbocycles. The van der Waals surface area contributed by atoms with Crippen LogP contribution >= 0.6 is 0 Å². The number of rotatable bonds is 8. The molecule has 1 aliphatic rings. The Bertz CT molecular complexity index is 1130. The largest absolute Gasteiger partial charge is 0.490 e. The normalized spacial score (nSPS) is 13.2. The van der Waals surface area contributed by atoms with Gasteiger partial charge in [-0.1, -0.05) is 0 Å². The first kappa shape index (κ1) is 23.7. The average Bonchev–Trinajstić information content (AvgIpc) is 3.51. The van der Waals surface area contributed by atoms with Crippen LogP contribution in [-0.2, 0) is 18.6 Å². The predicted molar refractivity (Wildman–Crippen MR) is 130 cm³/mol. The first-order chi connectivity index (χ1) is 16.3. The van der Waals surface area contributed by atoms with Crippen molar-refractivity contribution in [3.63, 3.8) is 0 Å². The van der Waals surface area contributed by atoms with Gasteiger partial charge < -0.3 is 23.7 Å². The van der Waals surface area contributed by atoms with E-state index >= 15 is 0 Å². The van der Waals surface area contributed by atoms with Gasteiger partial charge in [-0.3, -0.25) is 4.79 Å². The lowest BCUT2D eigenvalue weighted by Crippen LogP contribution is -2.29. The van der Waals surface area contributed by atoms with Gasteiger partial charge in [-0.25, -0.2) is 4.68 Å². The highest BCUT2D eigenvalue weighted by Gasteiger charge is 2.34. The summed E-state index contributed by atoms with van der Waals surface area (Å²) in [5.41, 5.74) is 2.31. The van der Waals surface area contributed by atoms with Crippen LogP contribution in [0.15, 0.2) is 36.7 Å². The van der Waals surface area contributed by atoms with Gasteiger partial charge in [0.15, 0.2) is 11.5 Å². The van der Waals surface area contributed by atoms with E-state index in [-0.39, 0.29) is 11.4 Å². The van der Waals surface area contributed by atoms with E-state index in [2.05, 4.69) is 30.0 Å². The highest BCUT2D eigenvalue weighted by Crippen LogP contribution is 2.40. The third kappa shape index (κ3) is 4.36. The van der Waals surface area contributed by atoms with Crippen molar-refractivity contribution in [3.05, 3.63) is 53.5 Å². The number of hydrogen-bond donors (Lipinski definition) is 0. The van der Waals surface area contributed by atoms with Crippen molar-refractivity contribution in [2.75, 3.05) is 19.8 Å². The molecular weight excluding hydrogens is 432 g/mol. The van der Waals surface area contributed by atoms with E-state index in [0.29, 0.717) is 55.7 Å². The fraction of sp³-hybridized carbons (Fsp3) is 0.462. The number of carbonyl (C=O) groups is 1. The topological polar surface area (TPSA) is 70.8 Å². The summed E-state index contributed by atoms with van der Waals surface area (Å²) in [5, 5.41) is 4.91. The van der Waals surface area contributed by atoms with Crippen molar-refractivity contribution in [2.24, 2.45) is 0 Å². The summed E-state index contributed by atoms with van der Waals surface area (Å²) in [6.45, 7) is 14.4. The number of amides is 1. The quantitative estimate of drug-likeness (QED) is 0.478. The minimum Gasteiger partial charge on any atom is -0.490 e. The van der Waals surface area contributed by atoms with Crippen molar-refractivity contribution >= 4 is 5.91 Å². The standard InChI is InChI=1S/C26H34N4O4/c1-7-32-21-14-18(15-22(33-8-2)23(21)34-9-3)25(31)29-16-19-20(17-29)27-30(26(4,5)6)24(19)28-12-10-11-13-28/h10-15H,7-9,16-17H2,1-6H3. The molecule has 1 amide bonds. The molecule has 8 heteroatoms. The van der Waals surface area contributed by atoms with Crippen LogP contribution in [-0.4, -0.2) is 45.0 Å². The van der Waals surface area contributed by atoms with E-state index in [0.717, 1.165) is 17.1 Å². The Kier molecular flexibility index (Phi) is 6.59. The first-order valence-electron chi connectivity index (χ1n) is 11.9. The lowest BCUT2D eigenvalue weighted by Gasteiger charge is -2.25. The monoisotopic (exact) mass is 466 g/mol. The van der Waals surface area contributed by atoms with Gasteiger partial charge in [0.1, 0.15) is 5.82 Å². The molecular formula is C26H34N4O4. The van der Waals surface area contributed by atoms with E-state index in [1.54, 1.807) is 12.1 Å². The van der Waals surface area contributed by atoms with Crippen molar-refractivity contribution in [3.8, 4) is 23.1 Å². The molecule has 34 heavy (non-hydrogen) atoms. The van der Waals surface area contributed by atoms with Gasteiger partial charge in [-0.05, 0) is 65.8 Å². The molecule has 0 aliphatic carbocycles. The van der Waals surface area contributed by atoms with E-state index < -0.39 is 0 Å². The van der Waals surface area contributed by atoms with Crippen LogP contribution in [0.3, 0.4) is 0 Å². The van der Waals surface area contributed by atoms with Crippen LogP contribution in [0, 0.1) is 0 Å². The highest BCUT2D eigenvalue weighted by atomic mass is 16.5. The number of aromatic nitrogens is 3. The number of fused-ring (bicyclic) bond motifs is 1. The van der Waals surface area contributed by atoms with Gasteiger partial charge >= 0.3 is 0 Å². The number of ether oxygens (including phenoxy) is 3. The SMILES string of the molecule is CCOc1cc(C(=O)N2Cc3nn(C(C)(C)C)c(-n4cccc4)c3C2)cc(OCC)c1OCC. The van der Waals surface area contributed by atoms with Crippen LogP contribution in [0.1, 0.15) is 63.2 Å². The zero-order valence-electron chi connectivity index (χ0n) is 20.9. The number of carbonyl (C=O) groups excluding carboxylic acids is 1. The molecule has 3 aromatic rings. The summed E-state index contributed by atoms with van der Waals surface area (Å²) in [6, 6.07) is 7.49. The molecule has 0 radical (unpaired) electrons. The highest BCUT2D eigenvalue weighted by molar-refractivity contribution is 5.96. The third-order valence-electron chi connectivity index (χ3n) is 5.66. The van der Waals surface area contributed by atoms with E-state index in [1.807, 2.05) is 50.2 Å². The molecule has 2 aromatic heterocycles. The van der Waals surface area contributed by atoms with Crippen molar-refractivity contribution in [2.45, 2.75) is 60.2 Å². The second kappa shape index (κ2) is 9.44. The van der Waals surface area contributed by atoms with Gasteiger partial charge in [0.25, 0.3) is 5.91 Å². The molecule has 1 aliphatic heterocycles. The van der Waals surface area contributed by atoms with E-state index in [1.165, 1.54) is 0 Å². The Morgan fingerprint density at radius 1 is 0.941 bits per heavy atom. The molecule has 0 fully saturated rings. The molecule has 4 rings (SSSR count). The maximum Gasteiger partial charge on any atom is 0.254 e. The minimum atomic E-state index is -0.188. The molecule has 0 bridgehead atoms. The molecule has 0 unspecified atom stereocenters. The number of benzene rings is 1. The smallest absolute Gasteiger partial charge is 0.254 e. The Morgan fingerprint density at radius 3 is 2.06 bits per heavy atom. The summed E-state index contributed by atoms with van der Waals surface area (Å²) in [5.74, 6) is 2.47. The van der Waals surface area contributed by atoms with Gasteiger partial charge in [0.2, 0.25) is 5.75 Å². The zero-order chi connectivity index (χ0) is 24.5. The minimum absolute atomic E-state index is 0.0938. The number of nitrogens with zero attached hydrogens (tertiary/aromatic N) is 4. The van der Waals surface area contributed by atoms with Gasteiger partial charge in [-0.15, -0.1) is 0 Å². The molecule has 0 N–H and O–H groups in total. The predicted octanol–water partition coefficient (Wildman–Crippen LogP) is 4.78. The molecule has 8 nitrogen and oxygen atoms in total. The molecule has 182 valence electrons.